The van der Waals surface area contributed by atoms with Crippen LogP contribution in [0.3, 0.4) is 0 Å². The summed E-state index contributed by atoms with van der Waals surface area (Å²) >= 11 is 0. The molecule has 0 nitrogen and oxygen atoms in total. The van der Waals surface area contributed by atoms with Crippen LogP contribution < -0.4 is 0 Å². The Morgan fingerprint density at radius 1 is 1.19 bits per heavy atom. The molecule has 0 saturated heterocycles. The molecular weight excluding hydrogens is 192 g/mol. The van der Waals surface area contributed by atoms with Crippen molar-refractivity contribution in [1.29, 1.82) is 0 Å². The number of aryl methyl sites for hydroxylation is 1. The van der Waals surface area contributed by atoms with Crippen LogP contribution in [-0.2, 0) is 6.42 Å². The maximum atomic E-state index is 3.88. The Morgan fingerprint density at radius 3 is 2.69 bits per heavy atom. The van der Waals surface area contributed by atoms with Gasteiger partial charge < -0.3 is 0 Å². The van der Waals surface area contributed by atoms with E-state index in [-0.39, 0.29) is 0 Å². The molecule has 89 valence electrons. The molecule has 0 spiro atoms. The third-order valence-electron chi connectivity index (χ3n) is 3.32. The average Bonchev–Trinajstić information content (AvgIpc) is 2.34. The lowest BCUT2D eigenvalue weighted by molar-refractivity contribution is 0.586. The van der Waals surface area contributed by atoms with Crippen LogP contribution >= 0.6 is 0 Å². The number of hydrogen-bond donors (Lipinski definition) is 0. The van der Waals surface area contributed by atoms with Crippen LogP contribution in [-0.4, -0.2) is 0 Å². The summed E-state index contributed by atoms with van der Waals surface area (Å²) in [6.45, 7) is 8.45. The molecule has 1 aromatic rings. The van der Waals surface area contributed by atoms with E-state index in [1.54, 1.807) is 0 Å². The van der Waals surface area contributed by atoms with Crippen molar-refractivity contribution in [3.63, 3.8) is 0 Å². The summed E-state index contributed by atoms with van der Waals surface area (Å²) in [5, 5.41) is 0. The average molecular weight is 217 g/mol. The molecular formula is C16H25. The van der Waals surface area contributed by atoms with Crippen molar-refractivity contribution in [2.24, 2.45) is 0 Å². The quantitative estimate of drug-likeness (QED) is 0.555. The molecule has 0 aliphatic heterocycles. The fourth-order valence-electron chi connectivity index (χ4n) is 2.09. The fourth-order valence-corrected chi connectivity index (χ4v) is 2.09. The summed E-state index contributed by atoms with van der Waals surface area (Å²) in [7, 11) is 0. The van der Waals surface area contributed by atoms with Gasteiger partial charge in [0.15, 0.2) is 0 Å². The Kier molecular flexibility index (Phi) is 6.22. The highest BCUT2D eigenvalue weighted by molar-refractivity contribution is 5.25. The van der Waals surface area contributed by atoms with Gasteiger partial charge in [-0.3, -0.25) is 0 Å². The van der Waals surface area contributed by atoms with Crippen molar-refractivity contribution in [2.75, 3.05) is 0 Å². The van der Waals surface area contributed by atoms with E-state index in [1.165, 1.54) is 36.8 Å². The van der Waals surface area contributed by atoms with Crippen LogP contribution in [0.2, 0.25) is 0 Å². The van der Waals surface area contributed by atoms with Crippen molar-refractivity contribution in [3.8, 4) is 0 Å². The first-order valence-corrected chi connectivity index (χ1v) is 6.66. The molecule has 16 heavy (non-hydrogen) atoms. The number of rotatable bonds is 7. The van der Waals surface area contributed by atoms with Gasteiger partial charge in [-0.2, -0.15) is 0 Å². The smallest absolute Gasteiger partial charge is 0.0190 e. The summed E-state index contributed by atoms with van der Waals surface area (Å²) in [6.07, 6.45) is 7.49. The molecule has 1 rings (SSSR count). The highest BCUT2D eigenvalue weighted by Crippen LogP contribution is 2.23. The second-order valence-electron chi connectivity index (χ2n) is 4.70. The molecule has 1 aromatic carbocycles. The van der Waals surface area contributed by atoms with E-state index in [1.807, 2.05) is 0 Å². The van der Waals surface area contributed by atoms with Gasteiger partial charge in [-0.25, -0.2) is 0 Å². The zero-order chi connectivity index (χ0) is 11.8. The van der Waals surface area contributed by atoms with Crippen molar-refractivity contribution >= 4 is 0 Å². The van der Waals surface area contributed by atoms with Gasteiger partial charge >= 0.3 is 0 Å². The predicted octanol–water partition coefficient (Wildman–Crippen LogP) is 5.14. The topological polar surface area (TPSA) is 0 Å². The molecule has 0 N–H and O–H groups in total. The number of benzene rings is 1. The Bertz CT molecular complexity index is 288. The van der Waals surface area contributed by atoms with E-state index in [9.17, 15) is 0 Å². The van der Waals surface area contributed by atoms with Crippen LogP contribution in [0, 0.1) is 6.92 Å². The Hall–Kier alpha value is -0.780. The van der Waals surface area contributed by atoms with E-state index in [4.69, 9.17) is 0 Å². The van der Waals surface area contributed by atoms with Gasteiger partial charge in [0.25, 0.3) is 0 Å². The van der Waals surface area contributed by atoms with Gasteiger partial charge in [0.2, 0.25) is 0 Å². The summed E-state index contributed by atoms with van der Waals surface area (Å²) in [5.41, 5.74) is 2.97. The lowest BCUT2D eigenvalue weighted by Gasteiger charge is -2.12. The van der Waals surface area contributed by atoms with E-state index >= 15 is 0 Å². The number of unbranched alkanes of at least 4 members (excludes halogenated alkanes) is 3. The van der Waals surface area contributed by atoms with Crippen molar-refractivity contribution < 1.29 is 0 Å². The second-order valence-corrected chi connectivity index (χ2v) is 4.70. The monoisotopic (exact) mass is 217 g/mol. The minimum Gasteiger partial charge on any atom is -0.0617 e. The SMILES string of the molecule is [CH2]CCCCCC(C)c1cccc(CC)c1. The first kappa shape index (κ1) is 13.3. The van der Waals surface area contributed by atoms with Crippen LogP contribution in [0.15, 0.2) is 24.3 Å². The molecule has 0 aliphatic carbocycles. The van der Waals surface area contributed by atoms with Gasteiger partial charge in [-0.05, 0) is 29.9 Å². The standard InChI is InChI=1S/C16H25/c1-4-6-7-8-10-14(3)16-12-9-11-15(5-2)13-16/h9,11-14H,1,4-8,10H2,2-3H3. The first-order valence-electron chi connectivity index (χ1n) is 6.66. The lowest BCUT2D eigenvalue weighted by atomic mass is 9.93. The minimum absolute atomic E-state index is 0.705. The maximum Gasteiger partial charge on any atom is -0.0190 e. The van der Waals surface area contributed by atoms with E-state index in [2.05, 4.69) is 45.0 Å². The Balaban J connectivity index is 2.42. The first-order chi connectivity index (χ1) is 7.77. The van der Waals surface area contributed by atoms with Crippen LogP contribution in [0.1, 0.15) is 63.0 Å². The Labute approximate surface area is 101 Å². The Morgan fingerprint density at radius 2 is 2.00 bits per heavy atom. The molecule has 1 atom stereocenters. The zero-order valence-corrected chi connectivity index (χ0v) is 10.8. The third-order valence-corrected chi connectivity index (χ3v) is 3.32. The van der Waals surface area contributed by atoms with Gasteiger partial charge in [-0.1, -0.05) is 70.7 Å². The molecule has 1 unspecified atom stereocenters. The van der Waals surface area contributed by atoms with E-state index in [0.717, 1.165) is 12.8 Å². The van der Waals surface area contributed by atoms with Crippen molar-refractivity contribution in [2.45, 2.75) is 58.3 Å². The molecule has 0 saturated carbocycles. The highest BCUT2D eigenvalue weighted by Gasteiger charge is 2.05. The zero-order valence-electron chi connectivity index (χ0n) is 10.8. The van der Waals surface area contributed by atoms with Gasteiger partial charge in [0.05, 0.1) is 0 Å². The number of hydrogen-bond acceptors (Lipinski definition) is 0. The predicted molar refractivity (Wildman–Crippen MR) is 72.7 cm³/mol. The minimum atomic E-state index is 0.705. The molecule has 0 aliphatic rings. The molecule has 0 heteroatoms. The third kappa shape index (κ3) is 4.38. The van der Waals surface area contributed by atoms with Crippen LogP contribution in [0.4, 0.5) is 0 Å². The fraction of sp³-hybridized carbons (Fsp3) is 0.562. The summed E-state index contributed by atoms with van der Waals surface area (Å²) in [6, 6.07) is 9.05. The normalized spacial score (nSPS) is 12.7. The molecule has 0 fully saturated rings. The highest BCUT2D eigenvalue weighted by atomic mass is 14.1. The molecule has 1 radical (unpaired) electrons. The molecule has 0 heterocycles. The largest absolute Gasteiger partial charge is 0.0617 e. The van der Waals surface area contributed by atoms with Gasteiger partial charge in [-0.15, -0.1) is 0 Å². The van der Waals surface area contributed by atoms with Gasteiger partial charge in [0, 0.05) is 0 Å². The summed E-state index contributed by atoms with van der Waals surface area (Å²) < 4.78 is 0. The van der Waals surface area contributed by atoms with Crippen molar-refractivity contribution in [3.05, 3.63) is 42.3 Å². The van der Waals surface area contributed by atoms with E-state index < -0.39 is 0 Å². The van der Waals surface area contributed by atoms with Crippen LogP contribution in [0.25, 0.3) is 0 Å². The van der Waals surface area contributed by atoms with Gasteiger partial charge in [0.1, 0.15) is 0 Å². The second kappa shape index (κ2) is 7.49. The summed E-state index contributed by atoms with van der Waals surface area (Å²) in [5.74, 6) is 0.705. The molecule has 0 bridgehead atoms. The summed E-state index contributed by atoms with van der Waals surface area (Å²) in [4.78, 5) is 0. The maximum absolute atomic E-state index is 3.88. The van der Waals surface area contributed by atoms with Crippen molar-refractivity contribution in [1.82, 2.24) is 0 Å². The lowest BCUT2D eigenvalue weighted by Crippen LogP contribution is -1.95. The van der Waals surface area contributed by atoms with E-state index in [0.29, 0.717) is 5.92 Å². The molecule has 0 aromatic heterocycles. The molecule has 0 amide bonds. The van der Waals surface area contributed by atoms with Crippen LogP contribution in [0.5, 0.6) is 0 Å².